The zero-order valence-electron chi connectivity index (χ0n) is 18.7. The van der Waals surface area contributed by atoms with Crippen molar-refractivity contribution in [1.29, 1.82) is 0 Å². The lowest BCUT2D eigenvalue weighted by Gasteiger charge is -2.55. The standard InChI is InChI=1S/C25H36N4O2/c1-28-6-8-29(9-7-28)17-18-2-4-22(5-3-18)27-23(30)16-26-24(31)25-13-19-10-20(14-25)12-21(11-19)15-25/h2-5,19-21H,6-17H2,1H3,(H,26,31)(H,27,30). The maximum atomic E-state index is 13.0. The fraction of sp³-hybridized carbons (Fsp3) is 0.680. The fourth-order valence-electron chi connectivity index (χ4n) is 6.90. The molecule has 168 valence electrons. The van der Waals surface area contributed by atoms with Crippen molar-refractivity contribution in [3.63, 3.8) is 0 Å². The average molecular weight is 425 g/mol. The highest BCUT2D eigenvalue weighted by Gasteiger charge is 2.54. The molecule has 0 unspecified atom stereocenters. The smallest absolute Gasteiger partial charge is 0.243 e. The number of nitrogens with one attached hydrogen (secondary N) is 2. The van der Waals surface area contributed by atoms with Crippen molar-refractivity contribution in [3.05, 3.63) is 29.8 Å². The lowest BCUT2D eigenvalue weighted by Crippen LogP contribution is -2.54. The second-order valence-electron chi connectivity index (χ2n) is 10.7. The van der Waals surface area contributed by atoms with E-state index in [2.05, 4.69) is 39.6 Å². The SMILES string of the molecule is CN1CCN(Cc2ccc(NC(=O)CNC(=O)C34CC5CC(CC(C5)C3)C4)cc2)CC1. The largest absolute Gasteiger partial charge is 0.347 e. The third-order valence-electron chi connectivity index (χ3n) is 8.17. The van der Waals surface area contributed by atoms with Crippen LogP contribution in [0.4, 0.5) is 5.69 Å². The number of carbonyl (C=O) groups excluding carboxylic acids is 2. The van der Waals surface area contributed by atoms with Crippen LogP contribution in [0.15, 0.2) is 24.3 Å². The van der Waals surface area contributed by atoms with Crippen molar-refractivity contribution in [3.8, 4) is 0 Å². The first-order valence-electron chi connectivity index (χ1n) is 12.1. The van der Waals surface area contributed by atoms with Crippen molar-refractivity contribution in [2.75, 3.05) is 45.1 Å². The van der Waals surface area contributed by atoms with Crippen LogP contribution >= 0.6 is 0 Å². The van der Waals surface area contributed by atoms with E-state index in [1.807, 2.05) is 12.1 Å². The minimum absolute atomic E-state index is 0.0592. The van der Waals surface area contributed by atoms with Gasteiger partial charge in [0.25, 0.3) is 0 Å². The number of amides is 2. The molecule has 0 spiro atoms. The monoisotopic (exact) mass is 424 g/mol. The van der Waals surface area contributed by atoms with Crippen LogP contribution in [0.2, 0.25) is 0 Å². The molecule has 1 heterocycles. The predicted molar refractivity (Wildman–Crippen MR) is 121 cm³/mol. The second kappa shape index (κ2) is 8.55. The Morgan fingerprint density at radius 2 is 1.52 bits per heavy atom. The quantitative estimate of drug-likeness (QED) is 0.737. The number of likely N-dealkylation sites (N-methyl/N-ethyl adjacent to an activating group) is 1. The summed E-state index contributed by atoms with van der Waals surface area (Å²) in [7, 11) is 2.17. The zero-order valence-corrected chi connectivity index (χ0v) is 18.7. The van der Waals surface area contributed by atoms with Crippen LogP contribution < -0.4 is 10.6 Å². The fourth-order valence-corrected chi connectivity index (χ4v) is 6.90. The number of piperazine rings is 1. The van der Waals surface area contributed by atoms with Crippen LogP contribution in [0, 0.1) is 23.2 Å². The number of benzene rings is 1. The highest BCUT2D eigenvalue weighted by Crippen LogP contribution is 2.60. The summed E-state index contributed by atoms with van der Waals surface area (Å²) in [6.45, 7) is 5.43. The number of hydrogen-bond donors (Lipinski definition) is 2. The molecule has 4 saturated carbocycles. The molecular formula is C25H36N4O2. The summed E-state index contributed by atoms with van der Waals surface area (Å²) < 4.78 is 0. The summed E-state index contributed by atoms with van der Waals surface area (Å²) in [4.78, 5) is 30.3. The van der Waals surface area contributed by atoms with Crippen molar-refractivity contribution in [2.45, 2.75) is 45.1 Å². The Morgan fingerprint density at radius 3 is 2.10 bits per heavy atom. The van der Waals surface area contributed by atoms with E-state index in [1.165, 1.54) is 24.8 Å². The Kier molecular flexibility index (Phi) is 5.78. The van der Waals surface area contributed by atoms with Gasteiger partial charge < -0.3 is 15.5 Å². The molecule has 2 amide bonds. The Balaban J connectivity index is 1.09. The summed E-state index contributed by atoms with van der Waals surface area (Å²) in [6.07, 6.45) is 7.04. The molecule has 5 fully saturated rings. The van der Waals surface area contributed by atoms with Gasteiger partial charge in [-0.3, -0.25) is 14.5 Å². The number of hydrogen-bond acceptors (Lipinski definition) is 4. The Hall–Kier alpha value is -1.92. The number of nitrogens with zero attached hydrogens (tertiary/aromatic N) is 2. The van der Waals surface area contributed by atoms with Gasteiger partial charge in [-0.1, -0.05) is 12.1 Å². The van der Waals surface area contributed by atoms with Crippen LogP contribution in [0.1, 0.15) is 44.1 Å². The third-order valence-corrected chi connectivity index (χ3v) is 8.17. The van der Waals surface area contributed by atoms with Gasteiger partial charge in [-0.05, 0) is 81.0 Å². The third kappa shape index (κ3) is 4.65. The normalized spacial score (nSPS) is 32.7. The van der Waals surface area contributed by atoms with Crippen molar-refractivity contribution < 1.29 is 9.59 Å². The molecule has 2 N–H and O–H groups in total. The number of carbonyl (C=O) groups is 2. The van der Waals surface area contributed by atoms with Crippen LogP contribution in [-0.2, 0) is 16.1 Å². The van der Waals surface area contributed by atoms with Crippen molar-refractivity contribution in [1.82, 2.24) is 15.1 Å². The molecule has 6 heteroatoms. The molecule has 1 aliphatic heterocycles. The van der Waals surface area contributed by atoms with Crippen LogP contribution in [0.25, 0.3) is 0 Å². The molecule has 6 rings (SSSR count). The predicted octanol–water partition coefficient (Wildman–Crippen LogP) is 2.71. The summed E-state index contributed by atoms with van der Waals surface area (Å²) in [6, 6.07) is 8.10. The van der Waals surface area contributed by atoms with Gasteiger partial charge in [0, 0.05) is 43.8 Å². The van der Waals surface area contributed by atoms with Gasteiger partial charge in [0.1, 0.15) is 0 Å². The molecule has 4 bridgehead atoms. The summed E-state index contributed by atoms with van der Waals surface area (Å²) in [5.41, 5.74) is 1.86. The van der Waals surface area contributed by atoms with E-state index in [9.17, 15) is 9.59 Å². The second-order valence-corrected chi connectivity index (χ2v) is 10.7. The lowest BCUT2D eigenvalue weighted by molar-refractivity contribution is -0.146. The lowest BCUT2D eigenvalue weighted by atomic mass is 9.49. The molecule has 31 heavy (non-hydrogen) atoms. The van der Waals surface area contributed by atoms with Crippen LogP contribution in [0.5, 0.6) is 0 Å². The molecule has 0 atom stereocenters. The topological polar surface area (TPSA) is 64.7 Å². The minimum Gasteiger partial charge on any atom is -0.347 e. The molecule has 1 aromatic carbocycles. The van der Waals surface area contributed by atoms with E-state index in [0.717, 1.165) is 75.4 Å². The number of anilines is 1. The molecule has 6 nitrogen and oxygen atoms in total. The van der Waals surface area contributed by atoms with E-state index in [4.69, 9.17) is 0 Å². The van der Waals surface area contributed by atoms with E-state index in [0.29, 0.717) is 0 Å². The van der Waals surface area contributed by atoms with E-state index in [1.54, 1.807) is 0 Å². The van der Waals surface area contributed by atoms with Gasteiger partial charge in [0.05, 0.1) is 6.54 Å². The first kappa shape index (κ1) is 21.0. The molecular weight excluding hydrogens is 388 g/mol. The van der Waals surface area contributed by atoms with Crippen LogP contribution in [0.3, 0.4) is 0 Å². The maximum absolute atomic E-state index is 13.0. The highest BCUT2D eigenvalue weighted by molar-refractivity contribution is 5.95. The van der Waals surface area contributed by atoms with Gasteiger partial charge in [0.15, 0.2) is 0 Å². The van der Waals surface area contributed by atoms with Crippen LogP contribution in [-0.4, -0.2) is 61.4 Å². The Labute approximate surface area is 185 Å². The Morgan fingerprint density at radius 1 is 0.935 bits per heavy atom. The Bertz CT molecular complexity index is 778. The van der Waals surface area contributed by atoms with Gasteiger partial charge in [-0.2, -0.15) is 0 Å². The van der Waals surface area contributed by atoms with E-state index in [-0.39, 0.29) is 23.8 Å². The summed E-state index contributed by atoms with van der Waals surface area (Å²) >= 11 is 0. The van der Waals surface area contributed by atoms with E-state index < -0.39 is 0 Å². The summed E-state index contributed by atoms with van der Waals surface area (Å²) in [5.74, 6) is 2.16. The van der Waals surface area contributed by atoms with Gasteiger partial charge in [0.2, 0.25) is 11.8 Å². The first-order chi connectivity index (χ1) is 15.0. The van der Waals surface area contributed by atoms with Gasteiger partial charge in [-0.15, -0.1) is 0 Å². The zero-order chi connectivity index (χ0) is 21.4. The van der Waals surface area contributed by atoms with Gasteiger partial charge in [-0.25, -0.2) is 0 Å². The highest BCUT2D eigenvalue weighted by atomic mass is 16.2. The summed E-state index contributed by atoms with van der Waals surface area (Å²) in [5, 5.41) is 5.90. The molecule has 1 saturated heterocycles. The van der Waals surface area contributed by atoms with Gasteiger partial charge >= 0.3 is 0 Å². The molecule has 1 aromatic rings. The van der Waals surface area contributed by atoms with E-state index >= 15 is 0 Å². The maximum Gasteiger partial charge on any atom is 0.243 e. The number of rotatable bonds is 6. The first-order valence-corrected chi connectivity index (χ1v) is 12.1. The molecule has 0 aromatic heterocycles. The average Bonchev–Trinajstić information content (AvgIpc) is 2.74. The van der Waals surface area contributed by atoms with Crippen molar-refractivity contribution >= 4 is 17.5 Å². The molecule has 0 radical (unpaired) electrons. The molecule has 5 aliphatic rings. The van der Waals surface area contributed by atoms with Crippen molar-refractivity contribution in [2.24, 2.45) is 23.2 Å². The molecule has 4 aliphatic carbocycles. The minimum atomic E-state index is -0.195.